The quantitative estimate of drug-likeness (QED) is 0.316. The second-order valence-corrected chi connectivity index (χ2v) is 8.21. The predicted octanol–water partition coefficient (Wildman–Crippen LogP) is 5.00. The van der Waals surface area contributed by atoms with Crippen molar-refractivity contribution in [3.63, 3.8) is 0 Å². The zero-order chi connectivity index (χ0) is 21.2. The number of aromatic nitrogens is 5. The monoisotopic (exact) mass is 425 g/mol. The van der Waals surface area contributed by atoms with Gasteiger partial charge in [0.15, 0.2) is 5.82 Å². The minimum absolute atomic E-state index is 0.696. The Morgan fingerprint density at radius 1 is 1.06 bits per heavy atom. The summed E-state index contributed by atoms with van der Waals surface area (Å²) in [5.41, 5.74) is 7.83. The van der Waals surface area contributed by atoms with Gasteiger partial charge in [-0.25, -0.2) is 14.6 Å². The normalized spacial score (nSPS) is 11.4. The van der Waals surface area contributed by atoms with Gasteiger partial charge >= 0.3 is 0 Å². The van der Waals surface area contributed by atoms with Crippen molar-refractivity contribution >= 4 is 33.6 Å². The number of anilines is 1. The van der Waals surface area contributed by atoms with E-state index in [4.69, 9.17) is 5.10 Å². The Morgan fingerprint density at radius 2 is 1.94 bits per heavy atom. The first-order chi connectivity index (χ1) is 15.2. The number of rotatable bonds is 5. The van der Waals surface area contributed by atoms with Gasteiger partial charge in [0.25, 0.3) is 0 Å². The van der Waals surface area contributed by atoms with Gasteiger partial charge in [0, 0.05) is 34.6 Å². The SMILES string of the molecule is Cc1sc2ncnc(N/N=C/c3cn(-c4ccccc4)nc3-c3cccnc3)c2c1C. The van der Waals surface area contributed by atoms with Crippen LogP contribution < -0.4 is 5.43 Å². The Kier molecular flexibility index (Phi) is 4.97. The maximum atomic E-state index is 4.78. The number of nitrogens with zero attached hydrogens (tertiary/aromatic N) is 6. The molecule has 152 valence electrons. The zero-order valence-electron chi connectivity index (χ0n) is 17.0. The van der Waals surface area contributed by atoms with Crippen molar-refractivity contribution in [3.05, 3.63) is 83.4 Å². The minimum Gasteiger partial charge on any atom is -0.264 e. The second kappa shape index (κ2) is 8.08. The first-order valence-corrected chi connectivity index (χ1v) is 10.6. The Balaban J connectivity index is 1.51. The first-order valence-electron chi connectivity index (χ1n) is 9.76. The summed E-state index contributed by atoms with van der Waals surface area (Å²) < 4.78 is 1.85. The molecule has 0 bridgehead atoms. The van der Waals surface area contributed by atoms with Crippen molar-refractivity contribution in [2.24, 2.45) is 5.10 Å². The maximum Gasteiger partial charge on any atom is 0.158 e. The molecule has 0 spiro atoms. The standard InChI is InChI=1S/C23H19N7S/c1-15-16(2)31-23-20(15)22(25-14-26-23)28-27-12-18-13-30(19-8-4-3-5-9-19)29-21(18)17-7-6-10-24-11-17/h3-14H,1-2H3,(H,25,26,28)/b27-12+. The fraction of sp³-hybridized carbons (Fsp3) is 0.0870. The summed E-state index contributed by atoms with van der Waals surface area (Å²) in [6, 6.07) is 13.9. The van der Waals surface area contributed by atoms with Gasteiger partial charge in [-0.3, -0.25) is 10.4 Å². The molecular weight excluding hydrogens is 406 g/mol. The second-order valence-electron chi connectivity index (χ2n) is 7.01. The molecule has 1 N–H and O–H groups in total. The number of benzene rings is 1. The molecule has 4 aromatic heterocycles. The highest BCUT2D eigenvalue weighted by Crippen LogP contribution is 2.32. The minimum atomic E-state index is 0.696. The van der Waals surface area contributed by atoms with E-state index in [9.17, 15) is 0 Å². The van der Waals surface area contributed by atoms with Gasteiger partial charge in [-0.2, -0.15) is 10.2 Å². The molecule has 31 heavy (non-hydrogen) atoms. The molecule has 0 atom stereocenters. The highest BCUT2D eigenvalue weighted by molar-refractivity contribution is 7.18. The summed E-state index contributed by atoms with van der Waals surface area (Å²) in [6.07, 6.45) is 8.83. The zero-order valence-corrected chi connectivity index (χ0v) is 17.8. The maximum absolute atomic E-state index is 4.78. The molecule has 5 aromatic rings. The van der Waals surface area contributed by atoms with E-state index in [1.54, 1.807) is 36.3 Å². The van der Waals surface area contributed by atoms with Crippen molar-refractivity contribution in [1.82, 2.24) is 24.7 Å². The van der Waals surface area contributed by atoms with Gasteiger partial charge in [-0.05, 0) is 43.7 Å². The van der Waals surface area contributed by atoms with Crippen molar-refractivity contribution in [2.45, 2.75) is 13.8 Å². The van der Waals surface area contributed by atoms with E-state index in [0.717, 1.165) is 32.7 Å². The van der Waals surface area contributed by atoms with E-state index in [-0.39, 0.29) is 0 Å². The molecule has 8 heteroatoms. The van der Waals surface area contributed by atoms with E-state index < -0.39 is 0 Å². The van der Waals surface area contributed by atoms with Gasteiger partial charge in [0.1, 0.15) is 16.9 Å². The summed E-state index contributed by atoms with van der Waals surface area (Å²) >= 11 is 1.66. The fourth-order valence-electron chi connectivity index (χ4n) is 3.35. The van der Waals surface area contributed by atoms with E-state index in [1.165, 1.54) is 10.4 Å². The molecule has 5 rings (SSSR count). The van der Waals surface area contributed by atoms with Crippen LogP contribution >= 0.6 is 11.3 Å². The van der Waals surface area contributed by atoms with Gasteiger partial charge < -0.3 is 0 Å². The molecule has 0 saturated heterocycles. The number of hydrazone groups is 1. The number of hydrogen-bond donors (Lipinski definition) is 1. The average molecular weight is 426 g/mol. The van der Waals surface area contributed by atoms with Crippen LogP contribution in [0.4, 0.5) is 5.82 Å². The lowest BCUT2D eigenvalue weighted by Gasteiger charge is -2.02. The summed E-state index contributed by atoms with van der Waals surface area (Å²) in [5, 5.41) is 10.3. The molecular formula is C23H19N7S. The molecule has 0 amide bonds. The summed E-state index contributed by atoms with van der Waals surface area (Å²) in [4.78, 5) is 15.2. The Morgan fingerprint density at radius 3 is 2.74 bits per heavy atom. The molecule has 0 aliphatic heterocycles. The molecule has 0 radical (unpaired) electrons. The lowest BCUT2D eigenvalue weighted by atomic mass is 10.1. The number of hydrogen-bond acceptors (Lipinski definition) is 7. The molecule has 0 saturated carbocycles. The van der Waals surface area contributed by atoms with Crippen molar-refractivity contribution < 1.29 is 0 Å². The van der Waals surface area contributed by atoms with Crippen LogP contribution in [0.15, 0.2) is 72.5 Å². The number of thiophene rings is 1. The van der Waals surface area contributed by atoms with Crippen LogP contribution in [0, 0.1) is 13.8 Å². The third kappa shape index (κ3) is 3.69. The summed E-state index contributed by atoms with van der Waals surface area (Å²) in [5.74, 6) is 0.696. The smallest absolute Gasteiger partial charge is 0.158 e. The summed E-state index contributed by atoms with van der Waals surface area (Å²) in [7, 11) is 0. The number of pyridine rings is 1. The number of aryl methyl sites for hydroxylation is 2. The van der Waals surface area contributed by atoms with Crippen molar-refractivity contribution in [3.8, 4) is 16.9 Å². The highest BCUT2D eigenvalue weighted by Gasteiger charge is 2.13. The molecule has 1 aromatic carbocycles. The van der Waals surface area contributed by atoms with E-state index in [0.29, 0.717) is 5.82 Å². The Hall–Kier alpha value is -3.91. The van der Waals surface area contributed by atoms with Crippen molar-refractivity contribution in [2.75, 3.05) is 5.43 Å². The van der Waals surface area contributed by atoms with E-state index in [2.05, 4.69) is 39.3 Å². The predicted molar refractivity (Wildman–Crippen MR) is 125 cm³/mol. The van der Waals surface area contributed by atoms with Crippen LogP contribution in [-0.4, -0.2) is 30.9 Å². The van der Waals surface area contributed by atoms with Crippen molar-refractivity contribution in [1.29, 1.82) is 0 Å². The van der Waals surface area contributed by atoms with Crippen LogP contribution in [0.2, 0.25) is 0 Å². The van der Waals surface area contributed by atoms with E-state index >= 15 is 0 Å². The van der Waals surface area contributed by atoms with Crippen LogP contribution in [0.1, 0.15) is 16.0 Å². The number of para-hydroxylation sites is 1. The van der Waals surface area contributed by atoms with Gasteiger partial charge in [-0.1, -0.05) is 18.2 Å². The average Bonchev–Trinajstić information content (AvgIpc) is 3.36. The highest BCUT2D eigenvalue weighted by atomic mass is 32.1. The van der Waals surface area contributed by atoms with Crippen LogP contribution in [0.5, 0.6) is 0 Å². The Bertz CT molecular complexity index is 1370. The van der Waals surface area contributed by atoms with Gasteiger partial charge in [-0.15, -0.1) is 11.3 Å². The third-order valence-electron chi connectivity index (χ3n) is 5.04. The third-order valence-corrected chi connectivity index (χ3v) is 6.15. The van der Waals surface area contributed by atoms with Gasteiger partial charge in [0.05, 0.1) is 17.3 Å². The first kappa shape index (κ1) is 19.1. The van der Waals surface area contributed by atoms with Crippen LogP contribution in [0.3, 0.4) is 0 Å². The lowest BCUT2D eigenvalue weighted by molar-refractivity contribution is 0.884. The van der Waals surface area contributed by atoms with E-state index in [1.807, 2.05) is 53.3 Å². The molecule has 0 aliphatic rings. The Labute approximate surface area is 183 Å². The topological polar surface area (TPSA) is 80.9 Å². The molecule has 4 heterocycles. The molecule has 0 aliphatic carbocycles. The van der Waals surface area contributed by atoms with Crippen LogP contribution in [-0.2, 0) is 0 Å². The largest absolute Gasteiger partial charge is 0.264 e. The summed E-state index contributed by atoms with van der Waals surface area (Å²) in [6.45, 7) is 4.17. The van der Waals surface area contributed by atoms with Gasteiger partial charge in [0.2, 0.25) is 0 Å². The number of nitrogens with one attached hydrogen (secondary N) is 1. The molecule has 0 unspecified atom stereocenters. The fourth-order valence-corrected chi connectivity index (χ4v) is 4.35. The number of fused-ring (bicyclic) bond motifs is 1. The molecule has 0 fully saturated rings. The lowest BCUT2D eigenvalue weighted by Crippen LogP contribution is -1.96. The molecule has 7 nitrogen and oxygen atoms in total. The van der Waals surface area contributed by atoms with Crippen LogP contribution in [0.25, 0.3) is 27.2 Å².